The van der Waals surface area contributed by atoms with Gasteiger partial charge in [-0.1, -0.05) is 97.1 Å². The van der Waals surface area contributed by atoms with E-state index in [-0.39, 0.29) is 29.8 Å². The molecule has 1 aliphatic carbocycles. The van der Waals surface area contributed by atoms with E-state index in [1.165, 1.54) is 9.21 Å². The van der Waals surface area contributed by atoms with Crippen LogP contribution < -0.4 is 9.62 Å². The van der Waals surface area contributed by atoms with Gasteiger partial charge in [0.15, 0.2) is 0 Å². The molecular formula is C39H44ClN3O4S. The molecule has 1 atom stereocenters. The fourth-order valence-corrected chi connectivity index (χ4v) is 7.87. The quantitative estimate of drug-likeness (QED) is 0.167. The van der Waals surface area contributed by atoms with Gasteiger partial charge in [0.1, 0.15) is 12.6 Å². The molecular weight excluding hydrogens is 642 g/mol. The van der Waals surface area contributed by atoms with Gasteiger partial charge < -0.3 is 10.2 Å². The van der Waals surface area contributed by atoms with Gasteiger partial charge in [-0.3, -0.25) is 13.9 Å². The number of halogens is 1. The summed E-state index contributed by atoms with van der Waals surface area (Å²) in [5.41, 5.74) is 4.72. The Morgan fingerprint density at radius 1 is 0.792 bits per heavy atom. The van der Waals surface area contributed by atoms with Gasteiger partial charge >= 0.3 is 0 Å². The number of nitrogens with zero attached hydrogens (tertiary/aromatic N) is 2. The smallest absolute Gasteiger partial charge is 0.264 e. The Hall–Kier alpha value is -4.14. The highest BCUT2D eigenvalue weighted by Crippen LogP contribution is 2.28. The number of carbonyl (C=O) groups excluding carboxylic acids is 2. The Morgan fingerprint density at radius 3 is 2.04 bits per heavy atom. The Bertz CT molecular complexity index is 1790. The molecule has 0 spiro atoms. The number of amides is 2. The number of benzene rings is 4. The number of hydrogen-bond donors (Lipinski definition) is 1. The van der Waals surface area contributed by atoms with Crippen molar-refractivity contribution in [3.8, 4) is 0 Å². The van der Waals surface area contributed by atoms with Crippen LogP contribution in [0, 0.1) is 20.8 Å². The molecule has 0 radical (unpaired) electrons. The number of sulfonamides is 1. The fraction of sp³-hybridized carbons (Fsp3) is 0.333. The van der Waals surface area contributed by atoms with E-state index in [0.717, 1.165) is 59.9 Å². The molecule has 1 fully saturated rings. The molecule has 0 unspecified atom stereocenters. The van der Waals surface area contributed by atoms with Gasteiger partial charge in [0, 0.05) is 24.0 Å². The number of hydrogen-bond acceptors (Lipinski definition) is 4. The Morgan fingerprint density at radius 2 is 1.42 bits per heavy atom. The van der Waals surface area contributed by atoms with Crippen molar-refractivity contribution in [2.45, 2.75) is 82.8 Å². The van der Waals surface area contributed by atoms with Crippen LogP contribution in [0.25, 0.3) is 0 Å². The predicted molar refractivity (Wildman–Crippen MR) is 193 cm³/mol. The van der Waals surface area contributed by atoms with Crippen LogP contribution >= 0.6 is 11.6 Å². The fourth-order valence-electron chi connectivity index (χ4n) is 6.35. The van der Waals surface area contributed by atoms with Crippen LogP contribution in [0.4, 0.5) is 5.69 Å². The standard InChI is InChI=1S/C39H44ClN3O4S/c1-28-14-20-36(21-15-28)48(46,47)43(35-23-29(2)22-30(3)24-35)27-38(44)42(26-32-16-18-33(40)19-17-32)37(25-31-10-6-4-7-11-31)39(45)41-34-12-8-5-9-13-34/h4,6-7,10-11,14-24,34,37H,5,8-9,12-13,25-27H2,1-3H3,(H,41,45)/t37-/m0/s1. The van der Waals surface area contributed by atoms with Gasteiger partial charge in [0.2, 0.25) is 11.8 Å². The third-order valence-corrected chi connectivity index (χ3v) is 10.9. The van der Waals surface area contributed by atoms with Crippen LogP contribution in [-0.4, -0.2) is 43.8 Å². The van der Waals surface area contributed by atoms with E-state index in [9.17, 15) is 18.0 Å². The lowest BCUT2D eigenvalue weighted by Crippen LogP contribution is -2.55. The van der Waals surface area contributed by atoms with Crippen LogP contribution in [0.1, 0.15) is 59.9 Å². The van der Waals surface area contributed by atoms with E-state index in [2.05, 4.69) is 5.32 Å². The van der Waals surface area contributed by atoms with Crippen molar-refractivity contribution < 1.29 is 18.0 Å². The van der Waals surface area contributed by atoms with Gasteiger partial charge in [-0.15, -0.1) is 0 Å². The zero-order valence-corrected chi connectivity index (χ0v) is 29.4. The van der Waals surface area contributed by atoms with Gasteiger partial charge in [-0.2, -0.15) is 0 Å². The van der Waals surface area contributed by atoms with E-state index in [1.807, 2.05) is 69.3 Å². The summed E-state index contributed by atoms with van der Waals surface area (Å²) in [6.45, 7) is 5.29. The van der Waals surface area contributed by atoms with Gasteiger partial charge in [0.25, 0.3) is 10.0 Å². The third kappa shape index (κ3) is 9.05. The second-order valence-electron chi connectivity index (χ2n) is 12.9. The van der Waals surface area contributed by atoms with Crippen LogP contribution in [0.3, 0.4) is 0 Å². The van der Waals surface area contributed by atoms with E-state index < -0.39 is 28.5 Å². The van der Waals surface area contributed by atoms with Crippen molar-refractivity contribution in [3.05, 3.63) is 130 Å². The second-order valence-corrected chi connectivity index (χ2v) is 15.2. The Labute approximate surface area is 290 Å². The molecule has 48 heavy (non-hydrogen) atoms. The minimum Gasteiger partial charge on any atom is -0.352 e. The summed E-state index contributed by atoms with van der Waals surface area (Å²) in [6, 6.07) is 28.0. The Balaban J connectivity index is 1.58. The lowest BCUT2D eigenvalue weighted by atomic mass is 9.94. The van der Waals surface area contributed by atoms with Crippen LogP contribution in [0.15, 0.2) is 102 Å². The molecule has 1 aliphatic rings. The highest BCUT2D eigenvalue weighted by atomic mass is 35.5. The number of carbonyl (C=O) groups is 2. The summed E-state index contributed by atoms with van der Waals surface area (Å²) in [5.74, 6) is -0.730. The molecule has 1 saturated carbocycles. The maximum atomic E-state index is 14.7. The van der Waals surface area contributed by atoms with E-state index in [1.54, 1.807) is 48.5 Å². The minimum atomic E-state index is -4.17. The molecule has 0 saturated heterocycles. The maximum Gasteiger partial charge on any atom is 0.264 e. The minimum absolute atomic E-state index is 0.0330. The maximum absolute atomic E-state index is 14.7. The molecule has 252 valence electrons. The van der Waals surface area contributed by atoms with Crippen LogP contribution in [-0.2, 0) is 32.6 Å². The molecule has 9 heteroatoms. The zero-order valence-electron chi connectivity index (χ0n) is 27.9. The van der Waals surface area contributed by atoms with Crippen LogP contribution in [0.2, 0.25) is 5.02 Å². The number of rotatable bonds is 12. The molecule has 0 aliphatic heterocycles. The molecule has 0 aromatic heterocycles. The highest BCUT2D eigenvalue weighted by Gasteiger charge is 2.35. The highest BCUT2D eigenvalue weighted by molar-refractivity contribution is 7.92. The molecule has 2 amide bonds. The van der Waals surface area contributed by atoms with Crippen molar-refractivity contribution in [2.24, 2.45) is 0 Å². The first-order valence-electron chi connectivity index (χ1n) is 16.6. The monoisotopic (exact) mass is 685 g/mol. The molecule has 1 N–H and O–H groups in total. The predicted octanol–water partition coefficient (Wildman–Crippen LogP) is 7.55. The van der Waals surface area contributed by atoms with E-state index in [4.69, 9.17) is 11.6 Å². The summed E-state index contributed by atoms with van der Waals surface area (Å²) in [4.78, 5) is 30.6. The molecule has 7 nitrogen and oxygen atoms in total. The number of aryl methyl sites for hydroxylation is 3. The molecule has 0 heterocycles. The van der Waals surface area contributed by atoms with Crippen LogP contribution in [0.5, 0.6) is 0 Å². The summed E-state index contributed by atoms with van der Waals surface area (Å²) < 4.78 is 29.9. The third-order valence-electron chi connectivity index (χ3n) is 8.87. The van der Waals surface area contributed by atoms with Gasteiger partial charge in [0.05, 0.1) is 10.6 Å². The largest absolute Gasteiger partial charge is 0.352 e. The topological polar surface area (TPSA) is 86.8 Å². The first-order chi connectivity index (χ1) is 23.0. The summed E-state index contributed by atoms with van der Waals surface area (Å²) >= 11 is 6.20. The lowest BCUT2D eigenvalue weighted by molar-refractivity contribution is -0.140. The first-order valence-corrected chi connectivity index (χ1v) is 18.4. The molecule has 4 aromatic carbocycles. The molecule has 5 rings (SSSR count). The molecule has 4 aromatic rings. The van der Waals surface area contributed by atoms with Crippen molar-refractivity contribution >= 4 is 39.1 Å². The summed E-state index contributed by atoms with van der Waals surface area (Å²) in [6.07, 6.45) is 5.29. The average Bonchev–Trinajstić information content (AvgIpc) is 3.06. The van der Waals surface area contributed by atoms with E-state index in [0.29, 0.717) is 10.7 Å². The van der Waals surface area contributed by atoms with Crippen molar-refractivity contribution in [1.82, 2.24) is 10.2 Å². The normalized spacial score (nSPS) is 14.2. The van der Waals surface area contributed by atoms with E-state index >= 15 is 0 Å². The Kier molecular flexibility index (Phi) is 11.6. The SMILES string of the molecule is Cc1ccc(S(=O)(=O)N(CC(=O)N(Cc2ccc(Cl)cc2)[C@@H](Cc2ccccc2)C(=O)NC2CCCCC2)c2cc(C)cc(C)c2)cc1. The average molecular weight is 686 g/mol. The van der Waals surface area contributed by atoms with Gasteiger partial charge in [-0.05, 0) is 92.3 Å². The van der Waals surface area contributed by atoms with Crippen molar-refractivity contribution in [2.75, 3.05) is 10.8 Å². The van der Waals surface area contributed by atoms with Gasteiger partial charge in [-0.25, -0.2) is 8.42 Å². The zero-order chi connectivity index (χ0) is 34.3. The first kappa shape index (κ1) is 35.2. The molecule has 0 bridgehead atoms. The number of anilines is 1. The summed E-state index contributed by atoms with van der Waals surface area (Å²) in [5, 5.41) is 3.80. The van der Waals surface area contributed by atoms with Crippen molar-refractivity contribution in [1.29, 1.82) is 0 Å². The lowest BCUT2D eigenvalue weighted by Gasteiger charge is -2.35. The number of nitrogens with one attached hydrogen (secondary N) is 1. The van der Waals surface area contributed by atoms with Crippen molar-refractivity contribution in [3.63, 3.8) is 0 Å². The second kappa shape index (κ2) is 15.8. The summed E-state index contributed by atoms with van der Waals surface area (Å²) in [7, 11) is -4.17.